The molecular formula is C13H14N2O3. The van der Waals surface area contributed by atoms with Crippen LogP contribution < -0.4 is 5.73 Å². The molecule has 0 fully saturated rings. The Balaban J connectivity index is 2.87. The highest BCUT2D eigenvalue weighted by Crippen LogP contribution is 2.07. The van der Waals surface area contributed by atoms with Gasteiger partial charge in [-0.15, -0.1) is 6.42 Å². The summed E-state index contributed by atoms with van der Waals surface area (Å²) in [7, 11) is 0. The standard InChI is InChI=1S/C13H14N2O3/c1-2-7-15(9-12(16)17)13(18)11-5-3-10(8-14)4-6-11/h1,3-6H,7-9,14H2,(H,16,17). The minimum absolute atomic E-state index is 0.0379. The molecule has 1 amide bonds. The molecule has 5 nitrogen and oxygen atoms in total. The smallest absolute Gasteiger partial charge is 0.323 e. The predicted octanol–water partition coefficient (Wildman–Crippen LogP) is 0.305. The topological polar surface area (TPSA) is 83.6 Å². The van der Waals surface area contributed by atoms with E-state index in [1.54, 1.807) is 24.3 Å². The number of carboxylic acids is 1. The van der Waals surface area contributed by atoms with E-state index >= 15 is 0 Å². The molecule has 0 saturated heterocycles. The largest absolute Gasteiger partial charge is 0.480 e. The fraction of sp³-hybridized carbons (Fsp3) is 0.231. The van der Waals surface area contributed by atoms with Gasteiger partial charge < -0.3 is 15.7 Å². The summed E-state index contributed by atoms with van der Waals surface area (Å²) in [6, 6.07) is 6.66. The summed E-state index contributed by atoms with van der Waals surface area (Å²) in [5.41, 5.74) is 6.74. The number of benzene rings is 1. The summed E-state index contributed by atoms with van der Waals surface area (Å²) in [4.78, 5) is 23.7. The van der Waals surface area contributed by atoms with Crippen LogP contribution in [-0.2, 0) is 11.3 Å². The molecule has 1 aromatic rings. The maximum atomic E-state index is 12.0. The summed E-state index contributed by atoms with van der Waals surface area (Å²) in [5.74, 6) is 0.765. The van der Waals surface area contributed by atoms with Gasteiger partial charge in [-0.05, 0) is 17.7 Å². The predicted molar refractivity (Wildman–Crippen MR) is 66.7 cm³/mol. The molecule has 0 aliphatic carbocycles. The first-order valence-corrected chi connectivity index (χ1v) is 5.32. The van der Waals surface area contributed by atoms with Crippen LogP contribution in [0.3, 0.4) is 0 Å². The van der Waals surface area contributed by atoms with Crippen molar-refractivity contribution in [1.82, 2.24) is 4.90 Å². The van der Waals surface area contributed by atoms with Crippen LogP contribution in [0.4, 0.5) is 0 Å². The van der Waals surface area contributed by atoms with E-state index in [9.17, 15) is 9.59 Å². The minimum atomic E-state index is -1.10. The minimum Gasteiger partial charge on any atom is -0.480 e. The quantitative estimate of drug-likeness (QED) is 0.732. The van der Waals surface area contributed by atoms with Crippen molar-refractivity contribution in [3.05, 3.63) is 35.4 Å². The molecule has 0 heterocycles. The first-order valence-electron chi connectivity index (χ1n) is 5.32. The Kier molecular flexibility index (Phi) is 4.90. The van der Waals surface area contributed by atoms with E-state index in [1.807, 2.05) is 0 Å². The molecule has 0 unspecified atom stereocenters. The number of hydrogen-bond acceptors (Lipinski definition) is 3. The Labute approximate surface area is 105 Å². The maximum Gasteiger partial charge on any atom is 0.323 e. The van der Waals surface area contributed by atoms with E-state index in [0.29, 0.717) is 12.1 Å². The Morgan fingerprint density at radius 1 is 1.33 bits per heavy atom. The van der Waals surface area contributed by atoms with Gasteiger partial charge in [-0.3, -0.25) is 9.59 Å². The van der Waals surface area contributed by atoms with Gasteiger partial charge in [-0.1, -0.05) is 18.1 Å². The van der Waals surface area contributed by atoms with Gasteiger partial charge in [0.1, 0.15) is 6.54 Å². The number of nitrogens with zero attached hydrogens (tertiary/aromatic N) is 1. The number of carbonyl (C=O) groups excluding carboxylic acids is 1. The van der Waals surface area contributed by atoms with Crippen LogP contribution in [0, 0.1) is 12.3 Å². The van der Waals surface area contributed by atoms with Crippen LogP contribution in [0.25, 0.3) is 0 Å². The lowest BCUT2D eigenvalue weighted by Gasteiger charge is -2.17. The molecule has 1 rings (SSSR count). The average Bonchev–Trinajstić information content (AvgIpc) is 2.37. The molecule has 94 valence electrons. The highest BCUT2D eigenvalue weighted by atomic mass is 16.4. The number of rotatable bonds is 5. The number of hydrogen-bond donors (Lipinski definition) is 2. The number of terminal acetylenes is 1. The third kappa shape index (κ3) is 3.61. The molecule has 0 radical (unpaired) electrons. The number of aliphatic carboxylic acids is 1. The second kappa shape index (κ2) is 6.42. The van der Waals surface area contributed by atoms with Gasteiger partial charge in [0.15, 0.2) is 0 Å². The summed E-state index contributed by atoms with van der Waals surface area (Å²) < 4.78 is 0. The van der Waals surface area contributed by atoms with E-state index in [0.717, 1.165) is 10.5 Å². The fourth-order valence-corrected chi connectivity index (χ4v) is 1.44. The molecule has 3 N–H and O–H groups in total. The summed E-state index contributed by atoms with van der Waals surface area (Å²) in [6.45, 7) is -0.0664. The molecule has 5 heteroatoms. The number of amides is 1. The molecule has 0 aromatic heterocycles. The average molecular weight is 246 g/mol. The molecule has 1 aromatic carbocycles. The van der Waals surface area contributed by atoms with Crippen molar-refractivity contribution in [2.24, 2.45) is 5.73 Å². The number of carboxylic acid groups (broad SMARTS) is 1. The molecule has 18 heavy (non-hydrogen) atoms. The van der Waals surface area contributed by atoms with Crippen molar-refractivity contribution in [3.63, 3.8) is 0 Å². The second-order valence-corrected chi connectivity index (χ2v) is 3.66. The number of nitrogens with two attached hydrogens (primary N) is 1. The van der Waals surface area contributed by atoms with Crippen LogP contribution in [0.5, 0.6) is 0 Å². The molecule has 0 spiro atoms. The van der Waals surface area contributed by atoms with Gasteiger partial charge in [0.2, 0.25) is 0 Å². The summed E-state index contributed by atoms with van der Waals surface area (Å²) in [6.07, 6.45) is 5.11. The molecule has 0 bridgehead atoms. The Morgan fingerprint density at radius 3 is 2.39 bits per heavy atom. The zero-order valence-electron chi connectivity index (χ0n) is 9.80. The van der Waals surface area contributed by atoms with Crippen LogP contribution in [0.15, 0.2) is 24.3 Å². The van der Waals surface area contributed by atoms with Crippen molar-refractivity contribution >= 4 is 11.9 Å². The van der Waals surface area contributed by atoms with Crippen molar-refractivity contribution in [2.75, 3.05) is 13.1 Å². The number of carbonyl (C=O) groups is 2. The van der Waals surface area contributed by atoms with Gasteiger partial charge in [-0.25, -0.2) is 0 Å². The van der Waals surface area contributed by atoms with Crippen molar-refractivity contribution in [2.45, 2.75) is 6.54 Å². The molecule has 0 atom stereocenters. The van der Waals surface area contributed by atoms with E-state index < -0.39 is 18.4 Å². The highest BCUT2D eigenvalue weighted by molar-refractivity contribution is 5.96. The van der Waals surface area contributed by atoms with Crippen molar-refractivity contribution in [3.8, 4) is 12.3 Å². The lowest BCUT2D eigenvalue weighted by Crippen LogP contribution is -2.35. The van der Waals surface area contributed by atoms with E-state index in [-0.39, 0.29) is 6.54 Å². The van der Waals surface area contributed by atoms with Crippen LogP contribution >= 0.6 is 0 Å². The van der Waals surface area contributed by atoms with Crippen LogP contribution in [0.2, 0.25) is 0 Å². The Bertz CT molecular complexity index is 474. The van der Waals surface area contributed by atoms with Crippen LogP contribution in [-0.4, -0.2) is 35.0 Å². The normalized spacial score (nSPS) is 9.56. The Hall–Kier alpha value is -2.32. The van der Waals surface area contributed by atoms with Gasteiger partial charge in [0, 0.05) is 12.1 Å². The van der Waals surface area contributed by atoms with E-state index in [1.165, 1.54) is 0 Å². The van der Waals surface area contributed by atoms with Gasteiger partial charge in [0.25, 0.3) is 5.91 Å². The molecule has 0 saturated carbocycles. The molecule has 0 aliphatic rings. The Morgan fingerprint density at radius 2 is 1.94 bits per heavy atom. The van der Waals surface area contributed by atoms with E-state index in [2.05, 4.69) is 5.92 Å². The summed E-state index contributed by atoms with van der Waals surface area (Å²) >= 11 is 0. The van der Waals surface area contributed by atoms with Gasteiger partial charge in [-0.2, -0.15) is 0 Å². The van der Waals surface area contributed by atoms with E-state index in [4.69, 9.17) is 17.3 Å². The molecular weight excluding hydrogens is 232 g/mol. The van der Waals surface area contributed by atoms with Crippen molar-refractivity contribution in [1.29, 1.82) is 0 Å². The first kappa shape index (κ1) is 13.7. The van der Waals surface area contributed by atoms with Gasteiger partial charge in [0.05, 0.1) is 6.54 Å². The lowest BCUT2D eigenvalue weighted by atomic mass is 10.1. The third-order valence-corrected chi connectivity index (χ3v) is 2.33. The zero-order chi connectivity index (χ0) is 13.5. The SMILES string of the molecule is C#CCN(CC(=O)O)C(=O)c1ccc(CN)cc1. The fourth-order valence-electron chi connectivity index (χ4n) is 1.44. The monoisotopic (exact) mass is 246 g/mol. The van der Waals surface area contributed by atoms with Crippen LogP contribution in [0.1, 0.15) is 15.9 Å². The molecule has 0 aliphatic heterocycles. The van der Waals surface area contributed by atoms with Crippen molar-refractivity contribution < 1.29 is 14.7 Å². The van der Waals surface area contributed by atoms with Gasteiger partial charge >= 0.3 is 5.97 Å². The third-order valence-electron chi connectivity index (χ3n) is 2.33. The lowest BCUT2D eigenvalue weighted by molar-refractivity contribution is -0.137. The summed E-state index contributed by atoms with van der Waals surface area (Å²) in [5, 5.41) is 8.71. The second-order valence-electron chi connectivity index (χ2n) is 3.66. The first-order chi connectivity index (χ1) is 8.58. The highest BCUT2D eigenvalue weighted by Gasteiger charge is 2.17. The maximum absolute atomic E-state index is 12.0. The zero-order valence-corrected chi connectivity index (χ0v) is 9.80.